The van der Waals surface area contributed by atoms with Crippen molar-refractivity contribution < 1.29 is 0 Å². The van der Waals surface area contributed by atoms with Gasteiger partial charge in [0.05, 0.1) is 0 Å². The Hall–Kier alpha value is -2.34. The fourth-order valence-corrected chi connectivity index (χ4v) is 2.38. The summed E-state index contributed by atoms with van der Waals surface area (Å²) in [6, 6.07) is 11.9. The van der Waals surface area contributed by atoms with Crippen LogP contribution >= 0.6 is 0 Å². The first-order valence-corrected chi connectivity index (χ1v) is 7.11. The summed E-state index contributed by atoms with van der Waals surface area (Å²) in [5, 5.41) is 3.26. The molecular formula is C15H20N6. The van der Waals surface area contributed by atoms with Gasteiger partial charge in [0.2, 0.25) is 5.95 Å². The maximum atomic E-state index is 5.85. The van der Waals surface area contributed by atoms with E-state index in [1.54, 1.807) is 0 Å². The summed E-state index contributed by atoms with van der Waals surface area (Å²) in [5.41, 5.74) is 6.83. The SMILES string of the molecule is CN1CCN(c2cc(Nc3ccccc3)nc(N)n2)CC1. The fourth-order valence-electron chi connectivity index (χ4n) is 2.38. The van der Waals surface area contributed by atoms with E-state index < -0.39 is 0 Å². The molecule has 6 heteroatoms. The van der Waals surface area contributed by atoms with Gasteiger partial charge in [0.1, 0.15) is 11.6 Å². The molecular weight excluding hydrogens is 264 g/mol. The van der Waals surface area contributed by atoms with Gasteiger partial charge in [-0.1, -0.05) is 18.2 Å². The second kappa shape index (κ2) is 5.97. The van der Waals surface area contributed by atoms with Crippen molar-refractivity contribution in [1.82, 2.24) is 14.9 Å². The highest BCUT2D eigenvalue weighted by atomic mass is 15.3. The van der Waals surface area contributed by atoms with E-state index in [4.69, 9.17) is 5.73 Å². The molecule has 21 heavy (non-hydrogen) atoms. The molecule has 0 amide bonds. The number of nitrogens with two attached hydrogens (primary N) is 1. The van der Waals surface area contributed by atoms with Crippen LogP contribution in [0.1, 0.15) is 0 Å². The van der Waals surface area contributed by atoms with E-state index in [2.05, 4.69) is 32.1 Å². The van der Waals surface area contributed by atoms with Crippen LogP contribution in [0.3, 0.4) is 0 Å². The third-order valence-electron chi connectivity index (χ3n) is 3.60. The van der Waals surface area contributed by atoms with E-state index >= 15 is 0 Å². The molecule has 1 aromatic carbocycles. The van der Waals surface area contributed by atoms with Crippen LogP contribution in [0.25, 0.3) is 0 Å². The number of nitrogens with one attached hydrogen (secondary N) is 1. The normalized spacial score (nSPS) is 16.0. The van der Waals surface area contributed by atoms with E-state index in [1.807, 2.05) is 36.4 Å². The van der Waals surface area contributed by atoms with E-state index in [0.29, 0.717) is 5.95 Å². The minimum Gasteiger partial charge on any atom is -0.368 e. The maximum absolute atomic E-state index is 5.85. The topological polar surface area (TPSA) is 70.3 Å². The number of para-hydroxylation sites is 1. The molecule has 0 atom stereocenters. The van der Waals surface area contributed by atoms with Crippen molar-refractivity contribution in [2.24, 2.45) is 0 Å². The van der Waals surface area contributed by atoms with Crippen LogP contribution in [-0.4, -0.2) is 48.1 Å². The minimum atomic E-state index is 0.296. The average Bonchev–Trinajstić information content (AvgIpc) is 2.48. The summed E-state index contributed by atoms with van der Waals surface area (Å²) >= 11 is 0. The van der Waals surface area contributed by atoms with Gasteiger partial charge in [0, 0.05) is 37.9 Å². The van der Waals surface area contributed by atoms with Gasteiger partial charge in [-0.3, -0.25) is 0 Å². The number of nitrogen functional groups attached to an aromatic ring is 1. The molecule has 0 bridgehead atoms. The van der Waals surface area contributed by atoms with Gasteiger partial charge >= 0.3 is 0 Å². The molecule has 1 aromatic heterocycles. The third kappa shape index (κ3) is 3.41. The Kier molecular flexibility index (Phi) is 3.87. The Morgan fingerprint density at radius 3 is 2.48 bits per heavy atom. The first-order chi connectivity index (χ1) is 10.2. The number of nitrogens with zero attached hydrogens (tertiary/aromatic N) is 4. The molecule has 2 aromatic rings. The number of hydrogen-bond acceptors (Lipinski definition) is 6. The Morgan fingerprint density at radius 2 is 1.76 bits per heavy atom. The van der Waals surface area contributed by atoms with E-state index in [9.17, 15) is 0 Å². The molecule has 0 saturated carbocycles. The lowest BCUT2D eigenvalue weighted by atomic mass is 10.3. The molecule has 6 nitrogen and oxygen atoms in total. The monoisotopic (exact) mass is 284 g/mol. The van der Waals surface area contributed by atoms with E-state index in [1.165, 1.54) is 0 Å². The Labute approximate surface area is 124 Å². The number of piperazine rings is 1. The number of hydrogen-bond donors (Lipinski definition) is 2. The molecule has 1 aliphatic rings. The van der Waals surface area contributed by atoms with Crippen LogP contribution in [0.2, 0.25) is 0 Å². The van der Waals surface area contributed by atoms with Crippen molar-refractivity contribution in [2.45, 2.75) is 0 Å². The summed E-state index contributed by atoms with van der Waals surface area (Å²) in [6.07, 6.45) is 0. The first kappa shape index (κ1) is 13.6. The molecule has 0 radical (unpaired) electrons. The zero-order chi connectivity index (χ0) is 14.7. The average molecular weight is 284 g/mol. The largest absolute Gasteiger partial charge is 0.368 e. The number of benzene rings is 1. The van der Waals surface area contributed by atoms with Crippen molar-refractivity contribution in [2.75, 3.05) is 49.2 Å². The first-order valence-electron chi connectivity index (χ1n) is 7.11. The highest BCUT2D eigenvalue weighted by Gasteiger charge is 2.16. The van der Waals surface area contributed by atoms with Crippen LogP contribution in [0.4, 0.5) is 23.3 Å². The molecule has 1 fully saturated rings. The predicted molar refractivity (Wildman–Crippen MR) is 85.9 cm³/mol. The molecule has 0 spiro atoms. The van der Waals surface area contributed by atoms with Crippen molar-refractivity contribution in [3.63, 3.8) is 0 Å². The van der Waals surface area contributed by atoms with Crippen LogP contribution in [-0.2, 0) is 0 Å². The molecule has 1 saturated heterocycles. The molecule has 3 N–H and O–H groups in total. The van der Waals surface area contributed by atoms with Gasteiger partial charge in [0.15, 0.2) is 0 Å². The van der Waals surface area contributed by atoms with Crippen molar-refractivity contribution >= 4 is 23.3 Å². The Morgan fingerprint density at radius 1 is 1.05 bits per heavy atom. The van der Waals surface area contributed by atoms with Crippen LogP contribution in [0.5, 0.6) is 0 Å². The van der Waals surface area contributed by atoms with E-state index in [-0.39, 0.29) is 0 Å². The van der Waals surface area contributed by atoms with Crippen molar-refractivity contribution in [3.05, 3.63) is 36.4 Å². The van der Waals surface area contributed by atoms with Crippen LogP contribution in [0, 0.1) is 0 Å². The van der Waals surface area contributed by atoms with E-state index in [0.717, 1.165) is 43.5 Å². The fraction of sp³-hybridized carbons (Fsp3) is 0.333. The number of anilines is 4. The second-order valence-corrected chi connectivity index (χ2v) is 5.25. The van der Waals surface area contributed by atoms with Gasteiger partial charge in [0.25, 0.3) is 0 Å². The van der Waals surface area contributed by atoms with Crippen molar-refractivity contribution in [1.29, 1.82) is 0 Å². The quantitative estimate of drug-likeness (QED) is 0.891. The molecule has 0 aliphatic carbocycles. The lowest BCUT2D eigenvalue weighted by molar-refractivity contribution is 0.312. The summed E-state index contributed by atoms with van der Waals surface area (Å²) in [6.45, 7) is 3.98. The maximum Gasteiger partial charge on any atom is 0.223 e. The van der Waals surface area contributed by atoms with Gasteiger partial charge in [-0.15, -0.1) is 0 Å². The summed E-state index contributed by atoms with van der Waals surface area (Å²) in [7, 11) is 2.13. The zero-order valence-corrected chi connectivity index (χ0v) is 12.2. The smallest absolute Gasteiger partial charge is 0.223 e. The highest BCUT2D eigenvalue weighted by molar-refractivity contribution is 5.61. The Balaban J connectivity index is 1.79. The zero-order valence-electron chi connectivity index (χ0n) is 12.2. The summed E-state index contributed by atoms with van der Waals surface area (Å²) in [4.78, 5) is 13.2. The summed E-state index contributed by atoms with van der Waals surface area (Å²) in [5.74, 6) is 1.90. The highest BCUT2D eigenvalue weighted by Crippen LogP contribution is 2.21. The summed E-state index contributed by atoms with van der Waals surface area (Å²) < 4.78 is 0. The standard InChI is InChI=1S/C15H20N6/c1-20-7-9-21(10-8-20)14-11-13(18-15(16)19-14)17-12-5-3-2-4-6-12/h2-6,11H,7-10H2,1H3,(H3,16,17,18,19). The second-order valence-electron chi connectivity index (χ2n) is 5.25. The van der Waals surface area contributed by atoms with Gasteiger partial charge in [-0.05, 0) is 19.2 Å². The number of likely N-dealkylation sites (N-methyl/N-ethyl adjacent to an activating group) is 1. The molecule has 0 unspecified atom stereocenters. The lowest BCUT2D eigenvalue weighted by Crippen LogP contribution is -2.44. The number of aromatic nitrogens is 2. The van der Waals surface area contributed by atoms with Crippen molar-refractivity contribution in [3.8, 4) is 0 Å². The number of rotatable bonds is 3. The molecule has 1 aliphatic heterocycles. The minimum absolute atomic E-state index is 0.296. The Bertz CT molecular complexity index is 592. The van der Waals surface area contributed by atoms with Gasteiger partial charge in [-0.25, -0.2) is 0 Å². The lowest BCUT2D eigenvalue weighted by Gasteiger charge is -2.33. The van der Waals surface area contributed by atoms with Crippen LogP contribution in [0.15, 0.2) is 36.4 Å². The van der Waals surface area contributed by atoms with Gasteiger partial charge in [-0.2, -0.15) is 9.97 Å². The third-order valence-corrected chi connectivity index (χ3v) is 3.60. The predicted octanol–water partition coefficient (Wildman–Crippen LogP) is 1.55. The molecule has 2 heterocycles. The molecule has 3 rings (SSSR count). The molecule has 110 valence electrons. The van der Waals surface area contributed by atoms with Gasteiger partial charge < -0.3 is 20.9 Å². The van der Waals surface area contributed by atoms with Crippen LogP contribution < -0.4 is 16.0 Å².